The molecule has 28 heavy (non-hydrogen) atoms. The van der Waals surface area contributed by atoms with Crippen LogP contribution in [-0.4, -0.2) is 17.6 Å². The minimum Gasteiger partial charge on any atom is -0.497 e. The van der Waals surface area contributed by atoms with Crippen LogP contribution < -0.4 is 10.1 Å². The Kier molecular flexibility index (Phi) is 5.61. The third kappa shape index (κ3) is 4.49. The highest BCUT2D eigenvalue weighted by atomic mass is 16.5. The number of nitrogens with zero attached hydrogens (tertiary/aromatic N) is 2. The molecular weight excluding hydrogens is 350 g/mol. The number of nitrogens with one attached hydrogen (secondary N) is 1. The second-order valence-corrected chi connectivity index (χ2v) is 6.55. The average molecular weight is 371 g/mol. The summed E-state index contributed by atoms with van der Waals surface area (Å²) in [5.74, 6) is 0.357. The van der Waals surface area contributed by atoms with Crippen molar-refractivity contribution in [2.45, 2.75) is 13.8 Å². The third-order valence-electron chi connectivity index (χ3n) is 4.24. The van der Waals surface area contributed by atoms with Crippen molar-refractivity contribution in [1.82, 2.24) is 4.57 Å². The molecule has 5 nitrogen and oxygen atoms in total. The van der Waals surface area contributed by atoms with Crippen molar-refractivity contribution >= 4 is 17.7 Å². The number of ether oxygens (including phenoxy) is 1. The van der Waals surface area contributed by atoms with Gasteiger partial charge >= 0.3 is 0 Å². The van der Waals surface area contributed by atoms with Crippen LogP contribution in [0.5, 0.6) is 5.75 Å². The number of aromatic nitrogens is 1. The minimum atomic E-state index is -0.426. The Hall–Kier alpha value is -3.78. The molecule has 2 aromatic carbocycles. The van der Waals surface area contributed by atoms with E-state index in [1.54, 1.807) is 13.2 Å². The van der Waals surface area contributed by atoms with Crippen molar-refractivity contribution < 1.29 is 9.53 Å². The Balaban J connectivity index is 1.79. The van der Waals surface area contributed by atoms with Crippen LogP contribution in [0.15, 0.2) is 66.5 Å². The van der Waals surface area contributed by atoms with Crippen molar-refractivity contribution in [2.75, 3.05) is 12.4 Å². The summed E-state index contributed by atoms with van der Waals surface area (Å²) in [6.45, 7) is 3.93. The number of hydrogen-bond donors (Lipinski definition) is 1. The largest absolute Gasteiger partial charge is 0.497 e. The second-order valence-electron chi connectivity index (χ2n) is 6.55. The summed E-state index contributed by atoms with van der Waals surface area (Å²) >= 11 is 0. The van der Waals surface area contributed by atoms with Gasteiger partial charge in [-0.25, -0.2) is 0 Å². The molecule has 0 saturated carbocycles. The topological polar surface area (TPSA) is 67.0 Å². The molecule has 5 heteroatoms. The molecule has 140 valence electrons. The van der Waals surface area contributed by atoms with Gasteiger partial charge in [0.05, 0.1) is 7.11 Å². The predicted molar refractivity (Wildman–Crippen MR) is 110 cm³/mol. The SMILES string of the molecule is COc1ccc(-n2ccc(/C=C(\C#N)C(=O)Nc3cc(C)cc(C)c3)c2)cc1. The highest BCUT2D eigenvalue weighted by molar-refractivity contribution is 6.09. The van der Waals surface area contributed by atoms with E-state index in [4.69, 9.17) is 4.74 Å². The number of benzene rings is 2. The van der Waals surface area contributed by atoms with Gasteiger partial charge in [-0.1, -0.05) is 6.07 Å². The number of methoxy groups -OCH3 is 1. The van der Waals surface area contributed by atoms with Gasteiger partial charge in [0.25, 0.3) is 5.91 Å². The Morgan fingerprint density at radius 2 is 1.79 bits per heavy atom. The van der Waals surface area contributed by atoms with Gasteiger partial charge < -0.3 is 14.6 Å². The Morgan fingerprint density at radius 3 is 2.39 bits per heavy atom. The molecule has 0 fully saturated rings. The van der Waals surface area contributed by atoms with Gasteiger partial charge in [0.1, 0.15) is 17.4 Å². The average Bonchev–Trinajstić information content (AvgIpc) is 3.14. The maximum absolute atomic E-state index is 12.5. The molecule has 1 N–H and O–H groups in total. The minimum absolute atomic E-state index is 0.0478. The van der Waals surface area contributed by atoms with Gasteiger partial charge in [-0.3, -0.25) is 4.79 Å². The van der Waals surface area contributed by atoms with Gasteiger partial charge in [-0.15, -0.1) is 0 Å². The van der Waals surface area contributed by atoms with Crippen LogP contribution in [0.25, 0.3) is 11.8 Å². The Bertz CT molecular complexity index is 1050. The van der Waals surface area contributed by atoms with Gasteiger partial charge in [-0.05, 0) is 79.1 Å². The predicted octanol–water partition coefficient (Wildman–Crippen LogP) is 4.65. The van der Waals surface area contributed by atoms with E-state index in [1.807, 2.05) is 85.4 Å². The Labute approximate surface area is 164 Å². The normalized spacial score (nSPS) is 11.0. The molecule has 3 aromatic rings. The fraction of sp³-hybridized carbons (Fsp3) is 0.130. The summed E-state index contributed by atoms with van der Waals surface area (Å²) in [5.41, 5.74) is 4.55. The number of anilines is 1. The summed E-state index contributed by atoms with van der Waals surface area (Å²) in [6.07, 6.45) is 5.33. The van der Waals surface area contributed by atoms with E-state index >= 15 is 0 Å². The number of hydrogen-bond acceptors (Lipinski definition) is 3. The lowest BCUT2D eigenvalue weighted by molar-refractivity contribution is -0.112. The van der Waals surface area contributed by atoms with Gasteiger partial charge in [0.2, 0.25) is 0 Å². The third-order valence-corrected chi connectivity index (χ3v) is 4.24. The lowest BCUT2D eigenvalue weighted by Crippen LogP contribution is -2.13. The zero-order valence-electron chi connectivity index (χ0n) is 16.1. The number of rotatable bonds is 5. The van der Waals surface area contributed by atoms with E-state index < -0.39 is 5.91 Å². The summed E-state index contributed by atoms with van der Waals surface area (Å²) in [6, 6.07) is 17.2. The molecule has 0 aliphatic carbocycles. The van der Waals surface area contributed by atoms with Crippen LogP contribution in [0, 0.1) is 25.2 Å². The molecule has 0 bridgehead atoms. The first-order chi connectivity index (χ1) is 13.5. The fourth-order valence-electron chi connectivity index (χ4n) is 2.97. The van der Waals surface area contributed by atoms with Crippen molar-refractivity contribution in [2.24, 2.45) is 0 Å². The van der Waals surface area contributed by atoms with Crippen molar-refractivity contribution in [3.63, 3.8) is 0 Å². The maximum atomic E-state index is 12.5. The quantitative estimate of drug-likeness (QED) is 0.524. The van der Waals surface area contributed by atoms with Crippen LogP contribution >= 0.6 is 0 Å². The van der Waals surface area contributed by atoms with Crippen LogP contribution in [0.4, 0.5) is 5.69 Å². The first kappa shape index (κ1) is 19.0. The molecule has 1 amide bonds. The first-order valence-corrected chi connectivity index (χ1v) is 8.82. The molecule has 0 aliphatic heterocycles. The van der Waals surface area contributed by atoms with Gasteiger partial charge in [0.15, 0.2) is 0 Å². The Morgan fingerprint density at radius 1 is 1.11 bits per heavy atom. The number of nitriles is 1. The number of carbonyl (C=O) groups excluding carboxylic acids is 1. The van der Waals surface area contributed by atoms with Crippen molar-refractivity contribution in [3.05, 3.63) is 83.2 Å². The lowest BCUT2D eigenvalue weighted by Gasteiger charge is -2.07. The molecule has 0 atom stereocenters. The van der Waals surface area contributed by atoms with Crippen molar-refractivity contribution in [1.29, 1.82) is 5.26 Å². The van der Waals surface area contributed by atoms with Crippen LogP contribution in [-0.2, 0) is 4.79 Å². The molecule has 0 radical (unpaired) electrons. The number of amides is 1. The summed E-state index contributed by atoms with van der Waals surface area (Å²) < 4.78 is 7.09. The fourth-order valence-corrected chi connectivity index (χ4v) is 2.97. The molecule has 0 spiro atoms. The lowest BCUT2D eigenvalue weighted by atomic mass is 10.1. The highest BCUT2D eigenvalue weighted by Crippen LogP contribution is 2.18. The molecule has 3 rings (SSSR count). The van der Waals surface area contributed by atoms with Crippen LogP contribution in [0.3, 0.4) is 0 Å². The van der Waals surface area contributed by atoms with Gasteiger partial charge in [0, 0.05) is 23.8 Å². The first-order valence-electron chi connectivity index (χ1n) is 8.82. The van der Waals surface area contributed by atoms with E-state index in [0.29, 0.717) is 5.69 Å². The molecule has 1 heterocycles. The van der Waals surface area contributed by atoms with E-state index in [2.05, 4.69) is 5.32 Å². The van der Waals surface area contributed by atoms with Crippen LogP contribution in [0.1, 0.15) is 16.7 Å². The monoisotopic (exact) mass is 371 g/mol. The zero-order chi connectivity index (χ0) is 20.1. The standard InChI is InChI=1S/C23H21N3O2/c1-16-10-17(2)12-20(11-16)25-23(27)19(14-24)13-18-8-9-26(15-18)21-4-6-22(28-3)7-5-21/h4-13,15H,1-3H3,(H,25,27)/b19-13+. The van der Waals surface area contributed by atoms with E-state index in [-0.39, 0.29) is 5.57 Å². The van der Waals surface area contributed by atoms with E-state index in [1.165, 1.54) is 0 Å². The summed E-state index contributed by atoms with van der Waals surface area (Å²) in [5, 5.41) is 12.2. The van der Waals surface area contributed by atoms with E-state index in [9.17, 15) is 10.1 Å². The number of carbonyl (C=O) groups is 1. The summed E-state index contributed by atoms with van der Waals surface area (Å²) in [4.78, 5) is 12.5. The highest BCUT2D eigenvalue weighted by Gasteiger charge is 2.11. The number of aryl methyl sites for hydroxylation is 2. The second kappa shape index (κ2) is 8.28. The summed E-state index contributed by atoms with van der Waals surface area (Å²) in [7, 11) is 1.63. The van der Waals surface area contributed by atoms with Gasteiger partial charge in [-0.2, -0.15) is 5.26 Å². The smallest absolute Gasteiger partial charge is 0.266 e. The zero-order valence-corrected chi connectivity index (χ0v) is 16.1. The molecular formula is C23H21N3O2. The van der Waals surface area contributed by atoms with Crippen LogP contribution in [0.2, 0.25) is 0 Å². The van der Waals surface area contributed by atoms with Crippen molar-refractivity contribution in [3.8, 4) is 17.5 Å². The maximum Gasteiger partial charge on any atom is 0.266 e. The molecule has 1 aromatic heterocycles. The molecule has 0 saturated heterocycles. The van der Waals surface area contributed by atoms with E-state index in [0.717, 1.165) is 28.1 Å². The molecule has 0 aliphatic rings. The molecule has 0 unspecified atom stereocenters.